The molecular formula is C14H13Cl2NO. The first-order chi connectivity index (χ1) is 8.49. The third kappa shape index (κ3) is 3.02. The molecular weight excluding hydrogens is 269 g/mol. The van der Waals surface area contributed by atoms with E-state index in [1.165, 1.54) is 0 Å². The maximum absolute atomic E-state index is 10.5. The van der Waals surface area contributed by atoms with E-state index in [4.69, 9.17) is 23.2 Å². The van der Waals surface area contributed by atoms with Crippen molar-refractivity contribution in [1.82, 2.24) is 4.98 Å². The summed E-state index contributed by atoms with van der Waals surface area (Å²) in [4.78, 5) is 4.02. The Morgan fingerprint density at radius 3 is 2.61 bits per heavy atom. The van der Waals surface area contributed by atoms with Gasteiger partial charge in [-0.15, -0.1) is 0 Å². The normalized spacial score (nSPS) is 14.2. The third-order valence-electron chi connectivity index (χ3n) is 2.82. The number of halogens is 2. The van der Waals surface area contributed by atoms with Gasteiger partial charge >= 0.3 is 0 Å². The average Bonchev–Trinajstić information content (AvgIpc) is 2.35. The molecule has 0 fully saturated rings. The molecule has 1 atom stereocenters. The van der Waals surface area contributed by atoms with E-state index in [1.807, 2.05) is 12.1 Å². The van der Waals surface area contributed by atoms with Crippen LogP contribution in [0.2, 0.25) is 10.0 Å². The Bertz CT molecular complexity index is 541. The number of pyridine rings is 1. The van der Waals surface area contributed by atoms with Crippen LogP contribution in [-0.2, 0) is 12.0 Å². The van der Waals surface area contributed by atoms with Gasteiger partial charge in [-0.1, -0.05) is 35.3 Å². The summed E-state index contributed by atoms with van der Waals surface area (Å²) in [6.45, 7) is 1.76. The van der Waals surface area contributed by atoms with Crippen molar-refractivity contribution >= 4 is 23.2 Å². The predicted octanol–water partition coefficient (Wildman–Crippen LogP) is 3.84. The SMILES string of the molecule is CC(O)(Cc1ccc(Cl)c(Cl)c1)c1cccnc1. The van der Waals surface area contributed by atoms with Crippen molar-refractivity contribution in [2.24, 2.45) is 0 Å². The lowest BCUT2D eigenvalue weighted by Gasteiger charge is -2.23. The average molecular weight is 282 g/mol. The highest BCUT2D eigenvalue weighted by atomic mass is 35.5. The molecule has 1 heterocycles. The summed E-state index contributed by atoms with van der Waals surface area (Å²) in [6, 6.07) is 9.02. The Labute approximate surface area is 116 Å². The number of benzene rings is 1. The highest BCUT2D eigenvalue weighted by Crippen LogP contribution is 2.28. The Balaban J connectivity index is 2.25. The molecule has 0 saturated heterocycles. The van der Waals surface area contributed by atoms with Crippen LogP contribution >= 0.6 is 23.2 Å². The van der Waals surface area contributed by atoms with Gasteiger partial charge in [-0.3, -0.25) is 4.98 Å². The van der Waals surface area contributed by atoms with Crippen LogP contribution in [0.4, 0.5) is 0 Å². The second kappa shape index (κ2) is 5.27. The quantitative estimate of drug-likeness (QED) is 0.927. The van der Waals surface area contributed by atoms with E-state index in [9.17, 15) is 5.11 Å². The number of aliphatic hydroxyl groups is 1. The predicted molar refractivity (Wildman–Crippen MR) is 74.0 cm³/mol. The van der Waals surface area contributed by atoms with Crippen molar-refractivity contribution < 1.29 is 5.11 Å². The Hall–Kier alpha value is -1.09. The van der Waals surface area contributed by atoms with Gasteiger partial charge in [0, 0.05) is 24.4 Å². The standard InChI is InChI=1S/C14H13Cl2NO/c1-14(18,11-3-2-6-17-9-11)8-10-4-5-12(15)13(16)7-10/h2-7,9,18H,8H2,1H3. The van der Waals surface area contributed by atoms with Crippen LogP contribution in [0.1, 0.15) is 18.1 Å². The second-order valence-electron chi connectivity index (χ2n) is 4.44. The molecule has 0 bridgehead atoms. The van der Waals surface area contributed by atoms with Gasteiger partial charge in [-0.05, 0) is 30.7 Å². The zero-order valence-electron chi connectivity index (χ0n) is 9.90. The molecule has 2 rings (SSSR count). The van der Waals surface area contributed by atoms with E-state index in [-0.39, 0.29) is 0 Å². The molecule has 18 heavy (non-hydrogen) atoms. The van der Waals surface area contributed by atoms with Crippen LogP contribution in [-0.4, -0.2) is 10.1 Å². The molecule has 94 valence electrons. The first kappa shape index (κ1) is 13.3. The number of rotatable bonds is 3. The minimum atomic E-state index is -0.981. The number of aromatic nitrogens is 1. The summed E-state index contributed by atoms with van der Waals surface area (Å²) in [5.41, 5.74) is 0.722. The number of nitrogens with zero attached hydrogens (tertiary/aromatic N) is 1. The fraction of sp³-hybridized carbons (Fsp3) is 0.214. The van der Waals surface area contributed by atoms with Crippen molar-refractivity contribution in [2.75, 3.05) is 0 Å². The second-order valence-corrected chi connectivity index (χ2v) is 5.26. The van der Waals surface area contributed by atoms with Crippen LogP contribution in [0.25, 0.3) is 0 Å². The van der Waals surface area contributed by atoms with E-state index in [0.717, 1.165) is 11.1 Å². The van der Waals surface area contributed by atoms with Gasteiger partial charge in [0.05, 0.1) is 15.6 Å². The van der Waals surface area contributed by atoms with Gasteiger partial charge < -0.3 is 5.11 Å². The zero-order valence-corrected chi connectivity index (χ0v) is 11.4. The molecule has 0 amide bonds. The molecule has 0 aliphatic rings. The molecule has 0 aliphatic carbocycles. The van der Waals surface area contributed by atoms with E-state index < -0.39 is 5.60 Å². The highest BCUT2D eigenvalue weighted by Gasteiger charge is 2.23. The molecule has 2 aromatic rings. The molecule has 0 spiro atoms. The Kier molecular flexibility index (Phi) is 3.91. The van der Waals surface area contributed by atoms with Crippen LogP contribution in [0, 0.1) is 0 Å². The summed E-state index contributed by atoms with van der Waals surface area (Å²) in [5.74, 6) is 0. The maximum atomic E-state index is 10.5. The molecule has 1 aromatic carbocycles. The summed E-state index contributed by atoms with van der Waals surface area (Å²) < 4.78 is 0. The molecule has 1 N–H and O–H groups in total. The van der Waals surface area contributed by atoms with Gasteiger partial charge in [0.2, 0.25) is 0 Å². The van der Waals surface area contributed by atoms with Crippen molar-refractivity contribution in [3.63, 3.8) is 0 Å². The molecule has 0 aliphatic heterocycles. The van der Waals surface area contributed by atoms with Gasteiger partial charge in [0.25, 0.3) is 0 Å². The van der Waals surface area contributed by atoms with Crippen LogP contribution in [0.5, 0.6) is 0 Å². The van der Waals surface area contributed by atoms with Gasteiger partial charge in [-0.2, -0.15) is 0 Å². The maximum Gasteiger partial charge on any atom is 0.0923 e. The van der Waals surface area contributed by atoms with Crippen molar-refractivity contribution in [1.29, 1.82) is 0 Å². The fourth-order valence-electron chi connectivity index (χ4n) is 1.83. The van der Waals surface area contributed by atoms with E-state index in [1.54, 1.807) is 37.5 Å². The topological polar surface area (TPSA) is 33.1 Å². The minimum absolute atomic E-state index is 0.454. The monoisotopic (exact) mass is 281 g/mol. The molecule has 2 nitrogen and oxygen atoms in total. The summed E-state index contributed by atoms with van der Waals surface area (Å²) in [7, 11) is 0. The minimum Gasteiger partial charge on any atom is -0.385 e. The molecule has 1 aromatic heterocycles. The van der Waals surface area contributed by atoms with Crippen molar-refractivity contribution in [3.8, 4) is 0 Å². The number of hydrogen-bond donors (Lipinski definition) is 1. The van der Waals surface area contributed by atoms with Gasteiger partial charge in [0.15, 0.2) is 0 Å². The molecule has 0 saturated carbocycles. The van der Waals surface area contributed by atoms with E-state index in [0.29, 0.717) is 16.5 Å². The summed E-state index contributed by atoms with van der Waals surface area (Å²) >= 11 is 11.8. The first-order valence-corrected chi connectivity index (χ1v) is 6.31. The summed E-state index contributed by atoms with van der Waals surface area (Å²) in [6.07, 6.45) is 3.80. The zero-order chi connectivity index (χ0) is 13.2. The van der Waals surface area contributed by atoms with Crippen LogP contribution in [0.15, 0.2) is 42.7 Å². The Morgan fingerprint density at radius 1 is 1.22 bits per heavy atom. The lowest BCUT2D eigenvalue weighted by Crippen LogP contribution is -2.24. The lowest BCUT2D eigenvalue weighted by atomic mass is 9.90. The van der Waals surface area contributed by atoms with Crippen LogP contribution in [0.3, 0.4) is 0 Å². The van der Waals surface area contributed by atoms with Gasteiger partial charge in [-0.25, -0.2) is 0 Å². The molecule has 0 radical (unpaired) electrons. The fourth-order valence-corrected chi connectivity index (χ4v) is 2.15. The van der Waals surface area contributed by atoms with E-state index in [2.05, 4.69) is 4.98 Å². The number of hydrogen-bond acceptors (Lipinski definition) is 2. The third-order valence-corrected chi connectivity index (χ3v) is 3.55. The lowest BCUT2D eigenvalue weighted by molar-refractivity contribution is 0.0573. The summed E-state index contributed by atoms with van der Waals surface area (Å²) in [5, 5.41) is 11.5. The Morgan fingerprint density at radius 2 is 2.00 bits per heavy atom. The van der Waals surface area contributed by atoms with Crippen LogP contribution < -0.4 is 0 Å². The van der Waals surface area contributed by atoms with Crippen molar-refractivity contribution in [3.05, 3.63) is 63.9 Å². The molecule has 4 heteroatoms. The largest absolute Gasteiger partial charge is 0.385 e. The van der Waals surface area contributed by atoms with E-state index >= 15 is 0 Å². The first-order valence-electron chi connectivity index (χ1n) is 5.56. The molecule has 1 unspecified atom stereocenters. The highest BCUT2D eigenvalue weighted by molar-refractivity contribution is 6.42. The van der Waals surface area contributed by atoms with Crippen molar-refractivity contribution in [2.45, 2.75) is 18.9 Å². The smallest absolute Gasteiger partial charge is 0.0923 e. The van der Waals surface area contributed by atoms with Gasteiger partial charge in [0.1, 0.15) is 0 Å².